The molecule has 0 aliphatic heterocycles. The highest BCUT2D eigenvalue weighted by atomic mass is 79.9. The molecular weight excluding hydrogens is 268 g/mol. The summed E-state index contributed by atoms with van der Waals surface area (Å²) in [6, 6.07) is 9.55. The van der Waals surface area contributed by atoms with E-state index in [9.17, 15) is 0 Å². The van der Waals surface area contributed by atoms with Gasteiger partial charge in [0, 0.05) is 10.5 Å². The second-order valence-corrected chi connectivity index (χ2v) is 4.44. The smallest absolute Gasteiger partial charge is 0.238 e. The van der Waals surface area contributed by atoms with Crippen LogP contribution in [0.15, 0.2) is 34.8 Å². The third kappa shape index (κ3) is 2.58. The molecule has 3 nitrogen and oxygen atoms in total. The van der Waals surface area contributed by atoms with Gasteiger partial charge in [0.15, 0.2) is 0 Å². The number of aryl methyl sites for hydroxylation is 2. The molecule has 4 heteroatoms. The number of nitrogens with zero attached hydrogens (tertiary/aromatic N) is 2. The van der Waals surface area contributed by atoms with Crippen LogP contribution in [0.1, 0.15) is 11.3 Å². The molecule has 0 amide bonds. The molecule has 0 radical (unpaired) electrons. The summed E-state index contributed by atoms with van der Waals surface area (Å²) in [5, 5.41) is 7.90. The van der Waals surface area contributed by atoms with Crippen molar-refractivity contribution in [3.8, 4) is 11.6 Å². The average molecular weight is 279 g/mol. The van der Waals surface area contributed by atoms with Crippen LogP contribution in [-0.2, 0) is 0 Å². The largest absolute Gasteiger partial charge is 0.437 e. The number of ether oxygens (including phenoxy) is 1. The molecule has 82 valence electrons. The Bertz CT molecular complexity index is 497. The molecule has 1 aromatic heterocycles. The van der Waals surface area contributed by atoms with Gasteiger partial charge in [-0.1, -0.05) is 22.0 Å². The molecule has 0 N–H and O–H groups in total. The summed E-state index contributed by atoms with van der Waals surface area (Å²) in [4.78, 5) is 0. The van der Waals surface area contributed by atoms with E-state index in [1.165, 1.54) is 0 Å². The highest BCUT2D eigenvalue weighted by Crippen LogP contribution is 2.26. The Morgan fingerprint density at radius 3 is 2.56 bits per heavy atom. The van der Waals surface area contributed by atoms with Gasteiger partial charge in [0.1, 0.15) is 5.75 Å². The van der Waals surface area contributed by atoms with Gasteiger partial charge >= 0.3 is 0 Å². The molecule has 1 aromatic carbocycles. The van der Waals surface area contributed by atoms with Gasteiger partial charge in [-0.05, 0) is 37.6 Å². The maximum atomic E-state index is 5.64. The third-order valence-corrected chi connectivity index (χ3v) is 2.63. The van der Waals surface area contributed by atoms with Crippen molar-refractivity contribution in [2.75, 3.05) is 0 Å². The predicted molar refractivity (Wildman–Crippen MR) is 65.7 cm³/mol. The minimum Gasteiger partial charge on any atom is -0.437 e. The molecule has 0 aliphatic rings. The Hall–Kier alpha value is -1.42. The standard InChI is InChI=1S/C12H11BrN2O/c1-8-3-5-10(13)7-11(8)16-12-6-4-9(2)14-15-12/h3-7H,1-2H3. The fourth-order valence-corrected chi connectivity index (χ4v) is 1.58. The maximum Gasteiger partial charge on any atom is 0.238 e. The van der Waals surface area contributed by atoms with Crippen molar-refractivity contribution in [1.29, 1.82) is 0 Å². The molecule has 16 heavy (non-hydrogen) atoms. The Morgan fingerprint density at radius 2 is 1.88 bits per heavy atom. The van der Waals surface area contributed by atoms with E-state index in [0.29, 0.717) is 5.88 Å². The minimum absolute atomic E-state index is 0.506. The normalized spacial score (nSPS) is 10.2. The van der Waals surface area contributed by atoms with Crippen molar-refractivity contribution >= 4 is 15.9 Å². The molecule has 0 unspecified atom stereocenters. The summed E-state index contributed by atoms with van der Waals surface area (Å²) < 4.78 is 6.62. The summed E-state index contributed by atoms with van der Waals surface area (Å²) in [7, 11) is 0. The Labute approximate surface area is 103 Å². The molecule has 1 heterocycles. The van der Waals surface area contributed by atoms with Crippen LogP contribution < -0.4 is 4.74 Å². The van der Waals surface area contributed by atoms with Gasteiger partial charge in [-0.15, -0.1) is 5.10 Å². The topological polar surface area (TPSA) is 35.0 Å². The highest BCUT2D eigenvalue weighted by molar-refractivity contribution is 9.10. The first-order chi connectivity index (χ1) is 7.65. The first kappa shape index (κ1) is 11.1. The molecule has 0 spiro atoms. The quantitative estimate of drug-likeness (QED) is 0.841. The number of benzene rings is 1. The van der Waals surface area contributed by atoms with E-state index in [0.717, 1.165) is 21.5 Å². The van der Waals surface area contributed by atoms with Gasteiger partial charge in [-0.25, -0.2) is 0 Å². The summed E-state index contributed by atoms with van der Waals surface area (Å²) in [6.45, 7) is 3.88. The van der Waals surface area contributed by atoms with Crippen LogP contribution in [-0.4, -0.2) is 10.2 Å². The van der Waals surface area contributed by atoms with Crippen LogP contribution in [0, 0.1) is 13.8 Å². The van der Waals surface area contributed by atoms with Gasteiger partial charge in [0.05, 0.1) is 5.69 Å². The Balaban J connectivity index is 2.26. The molecule has 0 saturated carbocycles. The summed E-state index contributed by atoms with van der Waals surface area (Å²) in [5.74, 6) is 1.29. The second kappa shape index (κ2) is 4.61. The molecule has 2 rings (SSSR count). The second-order valence-electron chi connectivity index (χ2n) is 3.52. The number of aromatic nitrogens is 2. The third-order valence-electron chi connectivity index (χ3n) is 2.14. The zero-order chi connectivity index (χ0) is 11.5. The fraction of sp³-hybridized carbons (Fsp3) is 0.167. The molecule has 0 atom stereocenters. The lowest BCUT2D eigenvalue weighted by Crippen LogP contribution is -1.93. The van der Waals surface area contributed by atoms with Crippen LogP contribution >= 0.6 is 15.9 Å². The summed E-state index contributed by atoms with van der Waals surface area (Å²) >= 11 is 3.41. The molecule has 0 bridgehead atoms. The number of hydrogen-bond donors (Lipinski definition) is 0. The Kier molecular flexibility index (Phi) is 3.19. The summed E-state index contributed by atoms with van der Waals surface area (Å²) in [5.41, 5.74) is 1.93. The van der Waals surface area contributed by atoms with E-state index in [-0.39, 0.29) is 0 Å². The molecular formula is C12H11BrN2O. The van der Waals surface area contributed by atoms with Crippen LogP contribution in [0.2, 0.25) is 0 Å². The first-order valence-electron chi connectivity index (χ1n) is 4.89. The maximum absolute atomic E-state index is 5.64. The first-order valence-corrected chi connectivity index (χ1v) is 5.69. The van der Waals surface area contributed by atoms with E-state index in [1.807, 2.05) is 44.2 Å². The fourth-order valence-electron chi connectivity index (χ4n) is 1.24. The zero-order valence-corrected chi connectivity index (χ0v) is 10.7. The van der Waals surface area contributed by atoms with E-state index >= 15 is 0 Å². The van der Waals surface area contributed by atoms with E-state index in [4.69, 9.17) is 4.74 Å². The van der Waals surface area contributed by atoms with Crippen LogP contribution in [0.5, 0.6) is 11.6 Å². The highest BCUT2D eigenvalue weighted by Gasteiger charge is 2.03. The average Bonchev–Trinajstić information content (AvgIpc) is 2.27. The van der Waals surface area contributed by atoms with Crippen LogP contribution in [0.3, 0.4) is 0 Å². The molecule has 0 aliphatic carbocycles. The van der Waals surface area contributed by atoms with Gasteiger partial charge in [-0.3, -0.25) is 0 Å². The number of hydrogen-bond acceptors (Lipinski definition) is 3. The Morgan fingerprint density at radius 1 is 1.06 bits per heavy atom. The van der Waals surface area contributed by atoms with E-state index in [2.05, 4.69) is 26.1 Å². The summed E-state index contributed by atoms with van der Waals surface area (Å²) in [6.07, 6.45) is 0. The van der Waals surface area contributed by atoms with Crippen LogP contribution in [0.25, 0.3) is 0 Å². The van der Waals surface area contributed by atoms with Gasteiger partial charge in [0.2, 0.25) is 5.88 Å². The number of halogens is 1. The lowest BCUT2D eigenvalue weighted by atomic mass is 10.2. The van der Waals surface area contributed by atoms with Crippen molar-refractivity contribution in [2.45, 2.75) is 13.8 Å². The van der Waals surface area contributed by atoms with Crippen molar-refractivity contribution in [3.63, 3.8) is 0 Å². The molecule has 0 fully saturated rings. The van der Waals surface area contributed by atoms with Crippen LogP contribution in [0.4, 0.5) is 0 Å². The van der Waals surface area contributed by atoms with E-state index < -0.39 is 0 Å². The molecule has 0 saturated heterocycles. The monoisotopic (exact) mass is 278 g/mol. The van der Waals surface area contributed by atoms with Gasteiger partial charge in [-0.2, -0.15) is 5.10 Å². The SMILES string of the molecule is Cc1ccc(Oc2cc(Br)ccc2C)nn1. The number of rotatable bonds is 2. The zero-order valence-electron chi connectivity index (χ0n) is 9.07. The van der Waals surface area contributed by atoms with Crippen molar-refractivity contribution in [1.82, 2.24) is 10.2 Å². The van der Waals surface area contributed by atoms with Crippen molar-refractivity contribution in [2.24, 2.45) is 0 Å². The molecule has 2 aromatic rings. The predicted octanol–water partition coefficient (Wildman–Crippen LogP) is 3.65. The lowest BCUT2D eigenvalue weighted by Gasteiger charge is -2.07. The minimum atomic E-state index is 0.506. The van der Waals surface area contributed by atoms with E-state index in [1.54, 1.807) is 0 Å². The lowest BCUT2D eigenvalue weighted by molar-refractivity contribution is 0.451. The van der Waals surface area contributed by atoms with Crippen molar-refractivity contribution in [3.05, 3.63) is 46.1 Å². The van der Waals surface area contributed by atoms with Crippen molar-refractivity contribution < 1.29 is 4.74 Å². The van der Waals surface area contributed by atoms with Gasteiger partial charge in [0.25, 0.3) is 0 Å². The van der Waals surface area contributed by atoms with Gasteiger partial charge < -0.3 is 4.74 Å².